The van der Waals surface area contributed by atoms with Crippen LogP contribution in [0.3, 0.4) is 0 Å². The second-order valence-corrected chi connectivity index (χ2v) is 4.88. The van der Waals surface area contributed by atoms with E-state index in [0.717, 1.165) is 24.4 Å². The molecular formula is C13H23NO2. The van der Waals surface area contributed by atoms with Crippen molar-refractivity contribution in [1.82, 2.24) is 5.32 Å². The fourth-order valence-corrected chi connectivity index (χ4v) is 1.83. The van der Waals surface area contributed by atoms with Crippen LogP contribution in [0.25, 0.3) is 0 Å². The lowest BCUT2D eigenvalue weighted by atomic mass is 9.99. The number of hydrogen-bond acceptors (Lipinski definition) is 3. The van der Waals surface area contributed by atoms with Crippen LogP contribution in [-0.2, 0) is 6.42 Å². The lowest BCUT2D eigenvalue weighted by molar-refractivity contribution is 0.215. The van der Waals surface area contributed by atoms with Crippen LogP contribution in [0.4, 0.5) is 0 Å². The minimum atomic E-state index is -0.0761. The first-order valence-corrected chi connectivity index (χ1v) is 5.95. The quantitative estimate of drug-likeness (QED) is 0.782. The molecule has 0 amide bonds. The molecule has 0 aromatic carbocycles. The van der Waals surface area contributed by atoms with Crippen LogP contribution >= 0.6 is 0 Å². The molecule has 0 saturated heterocycles. The zero-order valence-corrected chi connectivity index (χ0v) is 10.7. The third-order valence-corrected chi connectivity index (χ3v) is 2.80. The van der Waals surface area contributed by atoms with Crippen LogP contribution in [0.2, 0.25) is 0 Å². The smallest absolute Gasteiger partial charge is 0.120 e. The molecule has 0 aliphatic rings. The van der Waals surface area contributed by atoms with Crippen LogP contribution in [0.5, 0.6) is 0 Å². The number of furan rings is 1. The molecule has 1 unspecified atom stereocenters. The molecule has 0 saturated carbocycles. The molecule has 0 bridgehead atoms. The van der Waals surface area contributed by atoms with Crippen LogP contribution in [0, 0.1) is 0 Å². The average Bonchev–Trinajstić information content (AvgIpc) is 2.64. The molecule has 1 rings (SSSR count). The Balaban J connectivity index is 2.60. The van der Waals surface area contributed by atoms with Crippen molar-refractivity contribution >= 4 is 0 Å². The van der Waals surface area contributed by atoms with Crippen LogP contribution in [-0.4, -0.2) is 17.3 Å². The molecule has 0 fully saturated rings. The second kappa shape index (κ2) is 5.51. The van der Waals surface area contributed by atoms with Gasteiger partial charge in [0, 0.05) is 18.6 Å². The molecule has 0 spiro atoms. The summed E-state index contributed by atoms with van der Waals surface area (Å²) in [6, 6.07) is 4.21. The fraction of sp³-hybridized carbons (Fsp3) is 0.692. The van der Waals surface area contributed by atoms with E-state index in [1.807, 2.05) is 12.1 Å². The monoisotopic (exact) mass is 225 g/mol. The summed E-state index contributed by atoms with van der Waals surface area (Å²) in [5.41, 5.74) is -0.0761. The van der Waals surface area contributed by atoms with Gasteiger partial charge in [0.1, 0.15) is 11.5 Å². The lowest BCUT2D eigenvalue weighted by Crippen LogP contribution is -2.41. The molecule has 1 atom stereocenters. The maximum atomic E-state index is 8.96. The Morgan fingerprint density at radius 1 is 1.44 bits per heavy atom. The van der Waals surface area contributed by atoms with Crippen molar-refractivity contribution in [1.29, 1.82) is 0 Å². The van der Waals surface area contributed by atoms with E-state index >= 15 is 0 Å². The van der Waals surface area contributed by atoms with Crippen molar-refractivity contribution in [2.45, 2.75) is 52.1 Å². The van der Waals surface area contributed by atoms with Crippen LogP contribution in [0.1, 0.15) is 51.7 Å². The van der Waals surface area contributed by atoms with Gasteiger partial charge in [-0.3, -0.25) is 0 Å². The van der Waals surface area contributed by atoms with Gasteiger partial charge in [-0.1, -0.05) is 6.92 Å². The highest BCUT2D eigenvalue weighted by Crippen LogP contribution is 2.20. The normalized spacial score (nSPS) is 14.1. The molecule has 1 aromatic heterocycles. The van der Waals surface area contributed by atoms with Crippen molar-refractivity contribution < 1.29 is 9.52 Å². The van der Waals surface area contributed by atoms with Gasteiger partial charge in [-0.25, -0.2) is 0 Å². The number of aliphatic hydroxyl groups is 1. The largest absolute Gasteiger partial charge is 0.464 e. The number of hydrogen-bond donors (Lipinski definition) is 2. The second-order valence-electron chi connectivity index (χ2n) is 4.88. The van der Waals surface area contributed by atoms with Gasteiger partial charge < -0.3 is 14.8 Å². The van der Waals surface area contributed by atoms with Crippen LogP contribution in [0.15, 0.2) is 16.5 Å². The molecule has 92 valence electrons. The molecule has 2 N–H and O–H groups in total. The van der Waals surface area contributed by atoms with Gasteiger partial charge in [0.25, 0.3) is 0 Å². The molecular weight excluding hydrogens is 202 g/mol. The van der Waals surface area contributed by atoms with E-state index in [4.69, 9.17) is 9.52 Å². The first kappa shape index (κ1) is 13.3. The Hall–Kier alpha value is -0.800. The Morgan fingerprint density at radius 3 is 2.62 bits per heavy atom. The van der Waals surface area contributed by atoms with Gasteiger partial charge in [-0.2, -0.15) is 0 Å². The molecule has 1 aromatic rings. The van der Waals surface area contributed by atoms with Crippen molar-refractivity contribution in [3.63, 3.8) is 0 Å². The molecule has 0 aliphatic carbocycles. The summed E-state index contributed by atoms with van der Waals surface area (Å²) in [7, 11) is 0. The number of aliphatic hydroxyl groups excluding tert-OH is 1. The first-order valence-electron chi connectivity index (χ1n) is 5.95. The minimum absolute atomic E-state index is 0.0761. The number of rotatable bonds is 6. The van der Waals surface area contributed by atoms with E-state index in [-0.39, 0.29) is 18.2 Å². The highest BCUT2D eigenvalue weighted by Gasteiger charge is 2.21. The zero-order valence-electron chi connectivity index (χ0n) is 10.7. The highest BCUT2D eigenvalue weighted by atomic mass is 16.3. The summed E-state index contributed by atoms with van der Waals surface area (Å²) in [5.74, 6) is 1.98. The summed E-state index contributed by atoms with van der Waals surface area (Å²) in [4.78, 5) is 0. The standard InChI is InChI=1S/C13H23NO2/c1-5-11-6-7-12(16-11)10(2)14-13(3,4)8-9-15/h6-7,10,14-15H,5,8-9H2,1-4H3. The maximum Gasteiger partial charge on any atom is 0.120 e. The highest BCUT2D eigenvalue weighted by molar-refractivity contribution is 5.10. The number of nitrogens with one attached hydrogen (secondary N) is 1. The molecule has 1 heterocycles. The molecule has 16 heavy (non-hydrogen) atoms. The van der Waals surface area contributed by atoms with E-state index in [0.29, 0.717) is 0 Å². The third kappa shape index (κ3) is 3.65. The average molecular weight is 225 g/mol. The van der Waals surface area contributed by atoms with Gasteiger partial charge >= 0.3 is 0 Å². The van der Waals surface area contributed by atoms with Gasteiger partial charge in [0.05, 0.1) is 6.04 Å². The van der Waals surface area contributed by atoms with E-state index in [1.165, 1.54) is 0 Å². The Morgan fingerprint density at radius 2 is 2.12 bits per heavy atom. The van der Waals surface area contributed by atoms with Crippen molar-refractivity contribution in [2.75, 3.05) is 6.61 Å². The predicted molar refractivity (Wildman–Crippen MR) is 65.4 cm³/mol. The maximum absolute atomic E-state index is 8.96. The molecule has 0 aliphatic heterocycles. The van der Waals surface area contributed by atoms with Gasteiger partial charge in [0.15, 0.2) is 0 Å². The molecule has 3 nitrogen and oxygen atoms in total. The molecule has 3 heteroatoms. The van der Waals surface area contributed by atoms with E-state index in [2.05, 4.69) is 33.0 Å². The summed E-state index contributed by atoms with van der Waals surface area (Å²) < 4.78 is 5.69. The summed E-state index contributed by atoms with van der Waals surface area (Å²) in [5, 5.41) is 12.4. The zero-order chi connectivity index (χ0) is 12.2. The van der Waals surface area contributed by atoms with E-state index in [9.17, 15) is 0 Å². The van der Waals surface area contributed by atoms with Crippen LogP contribution < -0.4 is 5.32 Å². The fourth-order valence-electron chi connectivity index (χ4n) is 1.83. The van der Waals surface area contributed by atoms with E-state index < -0.39 is 0 Å². The third-order valence-electron chi connectivity index (χ3n) is 2.80. The number of aryl methyl sites for hydroxylation is 1. The summed E-state index contributed by atoms with van der Waals surface area (Å²) in [6.45, 7) is 8.53. The molecule has 0 radical (unpaired) electrons. The van der Waals surface area contributed by atoms with Gasteiger partial charge in [-0.05, 0) is 39.3 Å². The minimum Gasteiger partial charge on any atom is -0.464 e. The first-order chi connectivity index (χ1) is 7.48. The lowest BCUT2D eigenvalue weighted by Gasteiger charge is -2.28. The Kier molecular flexibility index (Phi) is 4.56. The SMILES string of the molecule is CCc1ccc(C(C)NC(C)(C)CCO)o1. The summed E-state index contributed by atoms with van der Waals surface area (Å²) >= 11 is 0. The van der Waals surface area contributed by atoms with Crippen molar-refractivity contribution in [3.05, 3.63) is 23.7 Å². The van der Waals surface area contributed by atoms with Crippen molar-refractivity contribution in [3.8, 4) is 0 Å². The van der Waals surface area contributed by atoms with Gasteiger partial charge in [-0.15, -0.1) is 0 Å². The Bertz CT molecular complexity index is 317. The van der Waals surface area contributed by atoms with E-state index in [1.54, 1.807) is 0 Å². The Labute approximate surface area is 97.9 Å². The predicted octanol–water partition coefficient (Wildman–Crippen LogP) is 2.65. The van der Waals surface area contributed by atoms with Crippen molar-refractivity contribution in [2.24, 2.45) is 0 Å². The van der Waals surface area contributed by atoms with Gasteiger partial charge in [0.2, 0.25) is 0 Å². The summed E-state index contributed by atoms with van der Waals surface area (Å²) in [6.07, 6.45) is 1.66. The topological polar surface area (TPSA) is 45.4 Å².